The Hall–Kier alpha value is -1.23. The fraction of sp³-hybridized carbons (Fsp3) is 0.900. The van der Waals surface area contributed by atoms with E-state index < -0.39 is 10.0 Å². The molecule has 0 aromatic rings. The second kappa shape index (κ2) is 14.0. The quantitative estimate of drug-likeness (QED) is 0.392. The SMILES string of the molecule is CC(C)COCCC(=O)NCCS(=O)(=O)N1CCN(C(=O)CCOCC(C)C)CC1. The monoisotopic (exact) mass is 449 g/mol. The molecule has 0 unspecified atom stereocenters. The first-order valence-electron chi connectivity index (χ1n) is 10.8. The molecule has 30 heavy (non-hydrogen) atoms. The van der Waals surface area contributed by atoms with Crippen LogP contribution >= 0.6 is 0 Å². The maximum absolute atomic E-state index is 12.5. The zero-order chi connectivity index (χ0) is 22.6. The van der Waals surface area contributed by atoms with Gasteiger partial charge < -0.3 is 19.7 Å². The molecule has 10 heteroatoms. The zero-order valence-corrected chi connectivity index (χ0v) is 19.7. The van der Waals surface area contributed by atoms with Gasteiger partial charge in [0.25, 0.3) is 0 Å². The molecule has 0 aromatic carbocycles. The Morgan fingerprint density at radius 3 is 1.97 bits per heavy atom. The second-order valence-electron chi connectivity index (χ2n) is 8.38. The number of nitrogens with one attached hydrogen (secondary N) is 1. The summed E-state index contributed by atoms with van der Waals surface area (Å²) >= 11 is 0. The van der Waals surface area contributed by atoms with E-state index in [1.54, 1.807) is 4.90 Å². The van der Waals surface area contributed by atoms with Gasteiger partial charge in [0.1, 0.15) is 0 Å². The van der Waals surface area contributed by atoms with Crippen LogP contribution in [0.4, 0.5) is 0 Å². The molecule has 1 fully saturated rings. The van der Waals surface area contributed by atoms with Gasteiger partial charge in [-0.05, 0) is 11.8 Å². The van der Waals surface area contributed by atoms with Crippen LogP contribution < -0.4 is 5.32 Å². The Morgan fingerprint density at radius 2 is 1.43 bits per heavy atom. The first kappa shape index (κ1) is 26.8. The molecule has 1 N–H and O–H groups in total. The lowest BCUT2D eigenvalue weighted by atomic mass is 10.2. The van der Waals surface area contributed by atoms with Crippen molar-refractivity contribution in [3.63, 3.8) is 0 Å². The molecule has 0 saturated carbocycles. The summed E-state index contributed by atoms with van der Waals surface area (Å²) in [5.41, 5.74) is 0. The summed E-state index contributed by atoms with van der Waals surface area (Å²) in [4.78, 5) is 25.7. The molecule has 1 heterocycles. The second-order valence-corrected chi connectivity index (χ2v) is 10.5. The van der Waals surface area contributed by atoms with Crippen LogP contribution in [0.3, 0.4) is 0 Å². The summed E-state index contributed by atoms with van der Waals surface area (Å²) in [6.45, 7) is 11.5. The van der Waals surface area contributed by atoms with Crippen molar-refractivity contribution < 1.29 is 27.5 Å². The van der Waals surface area contributed by atoms with E-state index in [0.29, 0.717) is 57.8 Å². The van der Waals surface area contributed by atoms with Crippen LogP contribution in [0, 0.1) is 11.8 Å². The van der Waals surface area contributed by atoms with Crippen molar-refractivity contribution in [2.75, 3.05) is 64.9 Å². The van der Waals surface area contributed by atoms with Crippen LogP contribution in [0.1, 0.15) is 40.5 Å². The predicted molar refractivity (Wildman–Crippen MR) is 115 cm³/mol. The average molecular weight is 450 g/mol. The number of sulfonamides is 1. The number of ether oxygens (including phenoxy) is 2. The highest BCUT2D eigenvalue weighted by molar-refractivity contribution is 7.89. The standard InChI is InChI=1S/C20H39N3O6S/c1-17(2)15-28-12-5-19(24)21-7-14-30(26,27)23-10-8-22(9-11-23)20(25)6-13-29-16-18(3)4/h17-18H,5-16H2,1-4H3,(H,21,24). The molecule has 1 saturated heterocycles. The van der Waals surface area contributed by atoms with Gasteiger partial charge in [0.15, 0.2) is 0 Å². The molecule has 1 aliphatic heterocycles. The fourth-order valence-electron chi connectivity index (χ4n) is 2.87. The van der Waals surface area contributed by atoms with E-state index in [4.69, 9.17) is 9.47 Å². The van der Waals surface area contributed by atoms with Crippen LogP contribution in [0.25, 0.3) is 0 Å². The van der Waals surface area contributed by atoms with Crippen molar-refractivity contribution in [2.45, 2.75) is 40.5 Å². The highest BCUT2D eigenvalue weighted by Gasteiger charge is 2.28. The minimum Gasteiger partial charge on any atom is -0.381 e. The lowest BCUT2D eigenvalue weighted by Gasteiger charge is -2.34. The topological polar surface area (TPSA) is 105 Å². The molecule has 0 aromatic heterocycles. The van der Waals surface area contributed by atoms with E-state index in [0.717, 1.165) is 0 Å². The highest BCUT2D eigenvalue weighted by atomic mass is 32.2. The number of rotatable bonds is 14. The predicted octanol–water partition coefficient (Wildman–Crippen LogP) is 0.702. The summed E-state index contributed by atoms with van der Waals surface area (Å²) in [6, 6.07) is 0. The summed E-state index contributed by atoms with van der Waals surface area (Å²) in [5.74, 6) is 0.457. The summed E-state index contributed by atoms with van der Waals surface area (Å²) in [6.07, 6.45) is 0.529. The molecule has 1 aliphatic rings. The van der Waals surface area contributed by atoms with Crippen LogP contribution in [0.2, 0.25) is 0 Å². The van der Waals surface area contributed by atoms with Gasteiger partial charge in [0.05, 0.1) is 25.4 Å². The molecule has 0 radical (unpaired) electrons. The molecule has 0 spiro atoms. The summed E-state index contributed by atoms with van der Waals surface area (Å²) in [7, 11) is -3.47. The third-order valence-electron chi connectivity index (χ3n) is 4.50. The number of carbonyl (C=O) groups is 2. The van der Waals surface area contributed by atoms with Crippen molar-refractivity contribution >= 4 is 21.8 Å². The fourth-order valence-corrected chi connectivity index (χ4v) is 4.21. The zero-order valence-electron chi connectivity index (χ0n) is 18.9. The van der Waals surface area contributed by atoms with Crippen LogP contribution in [0.5, 0.6) is 0 Å². The van der Waals surface area contributed by atoms with Gasteiger partial charge in [-0.15, -0.1) is 0 Å². The third kappa shape index (κ3) is 11.2. The third-order valence-corrected chi connectivity index (χ3v) is 6.37. The van der Waals surface area contributed by atoms with Gasteiger partial charge in [0, 0.05) is 52.4 Å². The number of nitrogens with zero attached hydrogens (tertiary/aromatic N) is 2. The average Bonchev–Trinajstić information content (AvgIpc) is 2.68. The van der Waals surface area contributed by atoms with Gasteiger partial charge in [-0.2, -0.15) is 4.31 Å². The van der Waals surface area contributed by atoms with Crippen molar-refractivity contribution in [3.8, 4) is 0 Å². The molecule has 0 bridgehead atoms. The van der Waals surface area contributed by atoms with E-state index in [9.17, 15) is 18.0 Å². The number of piperazine rings is 1. The number of carbonyl (C=O) groups excluding carboxylic acids is 2. The highest BCUT2D eigenvalue weighted by Crippen LogP contribution is 2.09. The summed E-state index contributed by atoms with van der Waals surface area (Å²) < 4.78 is 37.1. The molecule has 2 amide bonds. The van der Waals surface area contributed by atoms with Crippen LogP contribution in [-0.4, -0.2) is 94.3 Å². The van der Waals surface area contributed by atoms with Gasteiger partial charge >= 0.3 is 0 Å². The maximum Gasteiger partial charge on any atom is 0.224 e. The molecule has 0 atom stereocenters. The van der Waals surface area contributed by atoms with Crippen molar-refractivity contribution in [2.24, 2.45) is 11.8 Å². The summed E-state index contributed by atoms with van der Waals surface area (Å²) in [5, 5.41) is 2.63. The van der Waals surface area contributed by atoms with Crippen molar-refractivity contribution in [1.29, 1.82) is 0 Å². The maximum atomic E-state index is 12.5. The molecule has 0 aliphatic carbocycles. The van der Waals surface area contributed by atoms with Gasteiger partial charge in [-0.1, -0.05) is 27.7 Å². The van der Waals surface area contributed by atoms with Gasteiger partial charge in [-0.25, -0.2) is 8.42 Å². The first-order valence-corrected chi connectivity index (χ1v) is 12.4. The van der Waals surface area contributed by atoms with E-state index >= 15 is 0 Å². The van der Waals surface area contributed by atoms with Gasteiger partial charge in [-0.3, -0.25) is 9.59 Å². The number of amides is 2. The minimum absolute atomic E-state index is 0.0113. The first-order chi connectivity index (χ1) is 14.1. The van der Waals surface area contributed by atoms with E-state index in [1.807, 2.05) is 13.8 Å². The molecule has 176 valence electrons. The Bertz CT molecular complexity index is 616. The Balaban J connectivity index is 2.24. The van der Waals surface area contributed by atoms with E-state index in [1.165, 1.54) is 4.31 Å². The molecular formula is C20H39N3O6S. The number of hydrogen-bond acceptors (Lipinski definition) is 6. The molecular weight excluding hydrogens is 410 g/mol. The molecule has 9 nitrogen and oxygen atoms in total. The van der Waals surface area contributed by atoms with E-state index in [-0.39, 0.29) is 43.6 Å². The number of hydrogen-bond donors (Lipinski definition) is 1. The normalized spacial score (nSPS) is 15.7. The van der Waals surface area contributed by atoms with Crippen LogP contribution in [-0.2, 0) is 29.1 Å². The largest absolute Gasteiger partial charge is 0.381 e. The minimum atomic E-state index is -3.47. The van der Waals surface area contributed by atoms with E-state index in [2.05, 4.69) is 19.2 Å². The van der Waals surface area contributed by atoms with Gasteiger partial charge in [0.2, 0.25) is 21.8 Å². The Morgan fingerprint density at radius 1 is 0.900 bits per heavy atom. The van der Waals surface area contributed by atoms with Crippen molar-refractivity contribution in [1.82, 2.24) is 14.5 Å². The van der Waals surface area contributed by atoms with Crippen molar-refractivity contribution in [3.05, 3.63) is 0 Å². The van der Waals surface area contributed by atoms with Crippen LogP contribution in [0.15, 0.2) is 0 Å². The lowest BCUT2D eigenvalue weighted by Crippen LogP contribution is -2.51. The lowest BCUT2D eigenvalue weighted by molar-refractivity contribution is -0.133. The Labute approximate surface area is 181 Å². The molecule has 1 rings (SSSR count). The smallest absolute Gasteiger partial charge is 0.224 e. The Kier molecular flexibility index (Phi) is 12.5.